The van der Waals surface area contributed by atoms with Gasteiger partial charge in [0, 0.05) is 31.5 Å². The number of likely N-dealkylation sites (tertiary alicyclic amines) is 1. The maximum absolute atomic E-state index is 12.7. The molecular weight excluding hydrogens is 318 g/mol. The van der Waals surface area contributed by atoms with Crippen molar-refractivity contribution in [2.75, 3.05) is 19.6 Å². The van der Waals surface area contributed by atoms with E-state index in [1.165, 1.54) is 0 Å². The average Bonchev–Trinajstić information content (AvgIpc) is 3.19. The van der Waals surface area contributed by atoms with E-state index in [2.05, 4.69) is 10.5 Å². The standard InChI is InChI=1S/C19H25N3O3/c1-13(2)11-20-17(23)16-10-19(25-21-16)7-8-22(12-19)18(24)15-6-4-5-14(3)9-15/h4-6,9,13H,7-8,10-12H2,1-3H3,(H,20,23). The number of oxime groups is 1. The van der Waals surface area contributed by atoms with Crippen molar-refractivity contribution >= 4 is 17.5 Å². The third-order valence-electron chi connectivity index (χ3n) is 4.64. The van der Waals surface area contributed by atoms with Gasteiger partial charge in [0.05, 0.1) is 6.54 Å². The van der Waals surface area contributed by atoms with Crippen molar-refractivity contribution in [1.82, 2.24) is 10.2 Å². The number of amides is 2. The van der Waals surface area contributed by atoms with E-state index in [1.54, 1.807) is 4.90 Å². The highest BCUT2D eigenvalue weighted by Crippen LogP contribution is 2.34. The first-order chi connectivity index (χ1) is 11.9. The van der Waals surface area contributed by atoms with Crippen molar-refractivity contribution in [1.29, 1.82) is 0 Å². The molecule has 3 rings (SSSR count). The zero-order chi connectivity index (χ0) is 18.0. The highest BCUT2D eigenvalue weighted by molar-refractivity contribution is 6.39. The van der Waals surface area contributed by atoms with Crippen LogP contribution in [0.2, 0.25) is 0 Å². The Balaban J connectivity index is 1.60. The van der Waals surface area contributed by atoms with E-state index in [0.29, 0.717) is 49.7 Å². The van der Waals surface area contributed by atoms with Crippen molar-refractivity contribution in [2.24, 2.45) is 11.1 Å². The Morgan fingerprint density at radius 1 is 1.40 bits per heavy atom. The largest absolute Gasteiger partial charge is 0.386 e. The number of benzene rings is 1. The minimum atomic E-state index is -0.552. The fourth-order valence-corrected chi connectivity index (χ4v) is 3.24. The molecule has 1 unspecified atom stereocenters. The Labute approximate surface area is 148 Å². The number of hydrogen-bond acceptors (Lipinski definition) is 4. The van der Waals surface area contributed by atoms with Crippen molar-refractivity contribution in [3.05, 3.63) is 35.4 Å². The van der Waals surface area contributed by atoms with Gasteiger partial charge in [0.1, 0.15) is 5.71 Å². The number of hydrogen-bond donors (Lipinski definition) is 1. The van der Waals surface area contributed by atoms with Gasteiger partial charge in [-0.3, -0.25) is 9.59 Å². The van der Waals surface area contributed by atoms with Crippen LogP contribution >= 0.6 is 0 Å². The molecule has 1 saturated heterocycles. The van der Waals surface area contributed by atoms with Crippen LogP contribution in [0.4, 0.5) is 0 Å². The van der Waals surface area contributed by atoms with Gasteiger partial charge in [-0.2, -0.15) is 0 Å². The lowest BCUT2D eigenvalue weighted by molar-refractivity contribution is -0.115. The third-order valence-corrected chi connectivity index (χ3v) is 4.64. The van der Waals surface area contributed by atoms with E-state index in [0.717, 1.165) is 5.56 Å². The maximum atomic E-state index is 12.7. The molecule has 1 spiro atoms. The van der Waals surface area contributed by atoms with Gasteiger partial charge in [-0.05, 0) is 25.0 Å². The molecule has 25 heavy (non-hydrogen) atoms. The molecular formula is C19H25N3O3. The number of nitrogens with one attached hydrogen (secondary N) is 1. The van der Waals surface area contributed by atoms with Crippen LogP contribution in [-0.2, 0) is 9.63 Å². The molecule has 0 bridgehead atoms. The fraction of sp³-hybridized carbons (Fsp3) is 0.526. The van der Waals surface area contributed by atoms with E-state index >= 15 is 0 Å². The van der Waals surface area contributed by atoms with E-state index in [9.17, 15) is 9.59 Å². The Morgan fingerprint density at radius 3 is 2.92 bits per heavy atom. The Hall–Kier alpha value is -2.37. The summed E-state index contributed by atoms with van der Waals surface area (Å²) < 4.78 is 0. The quantitative estimate of drug-likeness (QED) is 0.910. The predicted octanol–water partition coefficient (Wildman–Crippen LogP) is 2.13. The van der Waals surface area contributed by atoms with Crippen molar-refractivity contribution in [3.63, 3.8) is 0 Å². The van der Waals surface area contributed by atoms with Crippen molar-refractivity contribution in [3.8, 4) is 0 Å². The number of aryl methyl sites for hydroxylation is 1. The molecule has 0 saturated carbocycles. The second-order valence-electron chi connectivity index (χ2n) is 7.44. The molecule has 1 aromatic carbocycles. The highest BCUT2D eigenvalue weighted by atomic mass is 16.7. The normalized spacial score (nSPS) is 22.2. The second kappa shape index (κ2) is 6.86. The molecule has 0 aliphatic carbocycles. The molecule has 1 aromatic rings. The summed E-state index contributed by atoms with van der Waals surface area (Å²) in [7, 11) is 0. The lowest BCUT2D eigenvalue weighted by Crippen LogP contribution is -2.39. The molecule has 2 heterocycles. The van der Waals surface area contributed by atoms with Gasteiger partial charge in [0.15, 0.2) is 5.60 Å². The fourth-order valence-electron chi connectivity index (χ4n) is 3.24. The zero-order valence-electron chi connectivity index (χ0n) is 15.0. The summed E-state index contributed by atoms with van der Waals surface area (Å²) in [4.78, 5) is 32.3. The lowest BCUT2D eigenvalue weighted by Gasteiger charge is -2.21. The van der Waals surface area contributed by atoms with Gasteiger partial charge in [-0.1, -0.05) is 36.7 Å². The number of carbonyl (C=O) groups is 2. The minimum absolute atomic E-state index is 0.00174. The van der Waals surface area contributed by atoms with Crippen LogP contribution in [0.3, 0.4) is 0 Å². The Morgan fingerprint density at radius 2 is 2.20 bits per heavy atom. The lowest BCUT2D eigenvalue weighted by atomic mass is 9.96. The molecule has 134 valence electrons. The van der Waals surface area contributed by atoms with Crippen LogP contribution in [0.15, 0.2) is 29.4 Å². The first-order valence-electron chi connectivity index (χ1n) is 8.78. The van der Waals surface area contributed by atoms with E-state index < -0.39 is 5.60 Å². The first kappa shape index (κ1) is 17.5. The average molecular weight is 343 g/mol. The number of nitrogens with zero attached hydrogens (tertiary/aromatic N) is 2. The van der Waals surface area contributed by atoms with E-state index in [4.69, 9.17) is 4.84 Å². The Bertz CT molecular complexity index is 714. The Kier molecular flexibility index (Phi) is 4.79. The van der Waals surface area contributed by atoms with E-state index in [1.807, 2.05) is 45.0 Å². The number of carbonyl (C=O) groups excluding carboxylic acids is 2. The van der Waals surface area contributed by atoms with Gasteiger partial charge in [0.25, 0.3) is 11.8 Å². The summed E-state index contributed by atoms with van der Waals surface area (Å²) in [6.07, 6.45) is 1.14. The monoisotopic (exact) mass is 343 g/mol. The first-order valence-corrected chi connectivity index (χ1v) is 8.78. The number of rotatable bonds is 4. The van der Waals surface area contributed by atoms with Crippen LogP contribution in [0.25, 0.3) is 0 Å². The summed E-state index contributed by atoms with van der Waals surface area (Å²) >= 11 is 0. The van der Waals surface area contributed by atoms with Crippen LogP contribution in [0, 0.1) is 12.8 Å². The zero-order valence-corrected chi connectivity index (χ0v) is 15.0. The molecule has 1 N–H and O–H groups in total. The van der Waals surface area contributed by atoms with Crippen molar-refractivity contribution in [2.45, 2.75) is 39.2 Å². The van der Waals surface area contributed by atoms with Crippen LogP contribution in [-0.4, -0.2) is 47.7 Å². The summed E-state index contributed by atoms with van der Waals surface area (Å²) in [5, 5.41) is 6.86. The van der Waals surface area contributed by atoms with Crippen LogP contribution in [0.5, 0.6) is 0 Å². The minimum Gasteiger partial charge on any atom is -0.386 e. The molecule has 1 fully saturated rings. The molecule has 0 aromatic heterocycles. The molecule has 2 aliphatic rings. The summed E-state index contributed by atoms with van der Waals surface area (Å²) in [6, 6.07) is 7.58. The predicted molar refractivity (Wildman–Crippen MR) is 95.4 cm³/mol. The molecule has 6 heteroatoms. The van der Waals surface area contributed by atoms with E-state index in [-0.39, 0.29) is 11.8 Å². The molecule has 2 aliphatic heterocycles. The smallest absolute Gasteiger partial charge is 0.269 e. The topological polar surface area (TPSA) is 71.0 Å². The van der Waals surface area contributed by atoms with Gasteiger partial charge < -0.3 is 15.1 Å². The summed E-state index contributed by atoms with van der Waals surface area (Å²) in [5.41, 5.74) is 1.62. The van der Waals surface area contributed by atoms with Gasteiger partial charge >= 0.3 is 0 Å². The van der Waals surface area contributed by atoms with Gasteiger partial charge in [-0.15, -0.1) is 0 Å². The van der Waals surface area contributed by atoms with Crippen molar-refractivity contribution < 1.29 is 14.4 Å². The van der Waals surface area contributed by atoms with Crippen LogP contribution in [0.1, 0.15) is 42.6 Å². The van der Waals surface area contributed by atoms with Crippen LogP contribution < -0.4 is 5.32 Å². The summed E-state index contributed by atoms with van der Waals surface area (Å²) in [6.45, 7) is 7.75. The van der Waals surface area contributed by atoms with Gasteiger partial charge in [-0.25, -0.2) is 0 Å². The third kappa shape index (κ3) is 3.83. The molecule has 2 amide bonds. The second-order valence-corrected chi connectivity index (χ2v) is 7.44. The molecule has 6 nitrogen and oxygen atoms in total. The highest BCUT2D eigenvalue weighted by Gasteiger charge is 2.47. The van der Waals surface area contributed by atoms with Gasteiger partial charge in [0.2, 0.25) is 0 Å². The molecule has 1 atom stereocenters. The maximum Gasteiger partial charge on any atom is 0.269 e. The SMILES string of the molecule is Cc1cccc(C(=O)N2CCC3(CC(C(=O)NCC(C)C)=NO3)C2)c1. The summed E-state index contributed by atoms with van der Waals surface area (Å²) in [5.74, 6) is 0.214. The molecule has 0 radical (unpaired) electrons.